The van der Waals surface area contributed by atoms with E-state index in [1.807, 2.05) is 23.1 Å². The molecule has 4 aromatic heterocycles. The Bertz CT molecular complexity index is 1230. The maximum absolute atomic E-state index is 5.67. The van der Waals surface area contributed by atoms with Crippen molar-refractivity contribution in [3.8, 4) is 22.7 Å². The van der Waals surface area contributed by atoms with Crippen LogP contribution in [0.15, 0.2) is 47.6 Å². The van der Waals surface area contributed by atoms with E-state index in [1.54, 1.807) is 18.6 Å². The zero-order valence-electron chi connectivity index (χ0n) is 18.8. The highest BCUT2D eigenvalue weighted by molar-refractivity contribution is 5.58. The van der Waals surface area contributed by atoms with Gasteiger partial charge < -0.3 is 15.0 Å². The molecule has 33 heavy (non-hydrogen) atoms. The molecule has 2 N–H and O–H groups in total. The predicted molar refractivity (Wildman–Crippen MR) is 121 cm³/mol. The van der Waals surface area contributed by atoms with Gasteiger partial charge in [0, 0.05) is 30.4 Å². The van der Waals surface area contributed by atoms with E-state index in [4.69, 9.17) is 20.0 Å². The zero-order valence-corrected chi connectivity index (χ0v) is 18.8. The van der Waals surface area contributed by atoms with Crippen LogP contribution in [0.5, 0.6) is 0 Å². The zero-order chi connectivity index (χ0) is 23.0. The van der Waals surface area contributed by atoms with Gasteiger partial charge in [0.05, 0.1) is 42.1 Å². The minimum absolute atomic E-state index is 0.235. The summed E-state index contributed by atoms with van der Waals surface area (Å²) in [6, 6.07) is 4.27. The molecule has 0 bridgehead atoms. The molecule has 2 atom stereocenters. The average molecular weight is 447 g/mol. The number of nitrogens with zero attached hydrogens (tertiary/aromatic N) is 7. The quantitative estimate of drug-likeness (QED) is 0.454. The van der Waals surface area contributed by atoms with Gasteiger partial charge >= 0.3 is 0 Å². The SMILES string of the molecule is CCC(C)[C@](C)(c1ccc(-c2cnc(N)nc2)nc1)c1noc(-c2cnn(C3COC3)c2)n1. The number of nitrogen functional groups attached to an aromatic ring is 1. The van der Waals surface area contributed by atoms with Crippen LogP contribution in [0.2, 0.25) is 0 Å². The molecule has 1 unspecified atom stereocenters. The number of nitrogens with two attached hydrogens (primary N) is 1. The van der Waals surface area contributed by atoms with Crippen molar-refractivity contribution in [3.63, 3.8) is 0 Å². The first kappa shape index (κ1) is 21.2. The number of aromatic nitrogens is 7. The minimum atomic E-state index is -0.489. The Morgan fingerprint density at radius 3 is 2.55 bits per heavy atom. The highest BCUT2D eigenvalue weighted by atomic mass is 16.5. The summed E-state index contributed by atoms with van der Waals surface area (Å²) in [5.74, 6) is 1.55. The molecular weight excluding hydrogens is 420 g/mol. The van der Waals surface area contributed by atoms with Crippen molar-refractivity contribution in [3.05, 3.63) is 54.5 Å². The van der Waals surface area contributed by atoms with Crippen molar-refractivity contribution in [2.45, 2.75) is 38.6 Å². The van der Waals surface area contributed by atoms with E-state index in [2.05, 4.69) is 52.0 Å². The van der Waals surface area contributed by atoms with E-state index in [0.29, 0.717) is 24.9 Å². The molecule has 0 radical (unpaired) electrons. The van der Waals surface area contributed by atoms with Crippen LogP contribution in [0.4, 0.5) is 5.95 Å². The van der Waals surface area contributed by atoms with Crippen LogP contribution in [-0.4, -0.2) is 48.1 Å². The molecule has 170 valence electrons. The topological polar surface area (TPSA) is 131 Å². The van der Waals surface area contributed by atoms with Gasteiger partial charge in [0.15, 0.2) is 5.82 Å². The number of pyridine rings is 1. The van der Waals surface area contributed by atoms with E-state index in [1.165, 1.54) is 0 Å². The van der Waals surface area contributed by atoms with Crippen LogP contribution in [-0.2, 0) is 10.2 Å². The molecule has 0 aromatic carbocycles. The first-order valence-corrected chi connectivity index (χ1v) is 11.0. The third-order valence-corrected chi connectivity index (χ3v) is 6.66. The van der Waals surface area contributed by atoms with Crippen LogP contribution >= 0.6 is 0 Å². The largest absolute Gasteiger partial charge is 0.377 e. The summed E-state index contributed by atoms with van der Waals surface area (Å²) in [6.45, 7) is 7.82. The lowest BCUT2D eigenvalue weighted by Gasteiger charge is -2.32. The van der Waals surface area contributed by atoms with Gasteiger partial charge in [0.1, 0.15) is 0 Å². The molecule has 0 amide bonds. The fraction of sp³-hybridized carbons (Fsp3) is 0.391. The molecule has 5 heterocycles. The number of hydrogen-bond acceptors (Lipinski definition) is 9. The molecule has 1 fully saturated rings. The van der Waals surface area contributed by atoms with Crippen molar-refractivity contribution in [1.82, 2.24) is 34.9 Å². The van der Waals surface area contributed by atoms with Gasteiger partial charge in [0.2, 0.25) is 5.95 Å². The molecule has 1 saturated heterocycles. The lowest BCUT2D eigenvalue weighted by atomic mass is 9.71. The highest BCUT2D eigenvalue weighted by Gasteiger charge is 2.39. The number of ether oxygens (including phenoxy) is 1. The Labute approximate surface area is 191 Å². The molecule has 5 rings (SSSR count). The summed E-state index contributed by atoms with van der Waals surface area (Å²) < 4.78 is 12.8. The Morgan fingerprint density at radius 1 is 1.12 bits per heavy atom. The second-order valence-corrected chi connectivity index (χ2v) is 8.60. The third kappa shape index (κ3) is 3.76. The smallest absolute Gasteiger partial charge is 0.261 e. The lowest BCUT2D eigenvalue weighted by molar-refractivity contribution is -0.0286. The first-order chi connectivity index (χ1) is 16.0. The lowest BCUT2D eigenvalue weighted by Crippen LogP contribution is -2.33. The van der Waals surface area contributed by atoms with Crippen molar-refractivity contribution < 1.29 is 9.26 Å². The van der Waals surface area contributed by atoms with Gasteiger partial charge in [-0.3, -0.25) is 9.67 Å². The summed E-state index contributed by atoms with van der Waals surface area (Å²) in [6.07, 6.45) is 9.81. The Hall–Kier alpha value is -3.66. The third-order valence-electron chi connectivity index (χ3n) is 6.66. The Balaban J connectivity index is 1.46. The van der Waals surface area contributed by atoms with Crippen molar-refractivity contribution in [2.24, 2.45) is 5.92 Å². The highest BCUT2D eigenvalue weighted by Crippen LogP contribution is 2.40. The molecule has 4 aromatic rings. The van der Waals surface area contributed by atoms with E-state index >= 15 is 0 Å². The van der Waals surface area contributed by atoms with E-state index in [9.17, 15) is 0 Å². The summed E-state index contributed by atoms with van der Waals surface area (Å²) in [5, 5.41) is 8.80. The van der Waals surface area contributed by atoms with Gasteiger partial charge in [-0.25, -0.2) is 9.97 Å². The normalized spacial score (nSPS) is 16.8. The van der Waals surface area contributed by atoms with Crippen LogP contribution in [0.1, 0.15) is 44.6 Å². The Morgan fingerprint density at radius 2 is 1.91 bits per heavy atom. The molecule has 10 heteroatoms. The average Bonchev–Trinajstić information content (AvgIpc) is 3.48. The standard InChI is InChI=1S/C23H26N8O2/c1-4-14(2)23(3,17-5-6-19(25-10-17)15-7-26-22(24)27-8-15)21-29-20(33-30-21)16-9-28-31(11-16)18-12-32-13-18/h5-11,14,18H,4,12-13H2,1-3H3,(H2,24,26,27)/t14?,23-/m1/s1. The maximum Gasteiger partial charge on any atom is 0.261 e. The number of rotatable bonds is 7. The summed E-state index contributed by atoms with van der Waals surface area (Å²) >= 11 is 0. The molecule has 10 nitrogen and oxygen atoms in total. The minimum Gasteiger partial charge on any atom is -0.377 e. The number of hydrogen-bond donors (Lipinski definition) is 1. The van der Waals surface area contributed by atoms with Gasteiger partial charge in [-0.1, -0.05) is 31.5 Å². The van der Waals surface area contributed by atoms with Gasteiger partial charge in [-0.15, -0.1) is 0 Å². The van der Waals surface area contributed by atoms with Crippen LogP contribution < -0.4 is 5.73 Å². The van der Waals surface area contributed by atoms with Crippen LogP contribution in [0.3, 0.4) is 0 Å². The van der Waals surface area contributed by atoms with Crippen molar-refractivity contribution in [2.75, 3.05) is 18.9 Å². The molecule has 1 aliphatic rings. The fourth-order valence-electron chi connectivity index (χ4n) is 3.96. The molecule has 0 saturated carbocycles. The van der Waals surface area contributed by atoms with E-state index in [0.717, 1.165) is 28.8 Å². The van der Waals surface area contributed by atoms with Crippen molar-refractivity contribution >= 4 is 5.95 Å². The van der Waals surface area contributed by atoms with Crippen LogP contribution in [0.25, 0.3) is 22.7 Å². The van der Waals surface area contributed by atoms with Crippen molar-refractivity contribution in [1.29, 1.82) is 0 Å². The molecular formula is C23H26N8O2. The van der Waals surface area contributed by atoms with Gasteiger partial charge in [-0.2, -0.15) is 10.1 Å². The summed E-state index contributed by atoms with van der Waals surface area (Å²) in [7, 11) is 0. The monoisotopic (exact) mass is 446 g/mol. The fourth-order valence-corrected chi connectivity index (χ4v) is 3.96. The first-order valence-electron chi connectivity index (χ1n) is 11.0. The van der Waals surface area contributed by atoms with Crippen LogP contribution in [0, 0.1) is 5.92 Å². The van der Waals surface area contributed by atoms with Gasteiger partial charge in [-0.05, 0) is 24.5 Å². The maximum atomic E-state index is 5.67. The van der Waals surface area contributed by atoms with E-state index < -0.39 is 5.41 Å². The van der Waals surface area contributed by atoms with E-state index in [-0.39, 0.29) is 17.9 Å². The molecule has 0 aliphatic carbocycles. The molecule has 0 spiro atoms. The second-order valence-electron chi connectivity index (χ2n) is 8.60. The summed E-state index contributed by atoms with van der Waals surface area (Å²) in [4.78, 5) is 17.5. The van der Waals surface area contributed by atoms with Gasteiger partial charge in [0.25, 0.3) is 5.89 Å². The second kappa shape index (κ2) is 8.36. The predicted octanol–water partition coefficient (Wildman–Crippen LogP) is 3.29. The molecule has 1 aliphatic heterocycles. The number of anilines is 1. The Kier molecular flexibility index (Phi) is 5.37. The summed E-state index contributed by atoms with van der Waals surface area (Å²) in [5.41, 5.74) is 8.48.